The molecule has 0 radical (unpaired) electrons. The molecule has 0 saturated carbocycles. The number of hydrogen-bond donors (Lipinski definition) is 1. The van der Waals surface area contributed by atoms with Crippen LogP contribution in [0.4, 0.5) is 5.69 Å². The SMILES string of the molecule is COc1ccc(C(=O)/C=C\Nc2cc(Cl)ccc2C(=O)c2ccccc2)cc1. The van der Waals surface area contributed by atoms with Crippen LogP contribution in [-0.4, -0.2) is 18.7 Å². The Labute approximate surface area is 168 Å². The number of carbonyl (C=O) groups is 2. The summed E-state index contributed by atoms with van der Waals surface area (Å²) in [7, 11) is 1.57. The summed E-state index contributed by atoms with van der Waals surface area (Å²) in [4.78, 5) is 25.1. The molecule has 0 atom stereocenters. The van der Waals surface area contributed by atoms with Crippen LogP contribution in [0, 0.1) is 0 Å². The summed E-state index contributed by atoms with van der Waals surface area (Å²) in [5.41, 5.74) is 2.11. The molecule has 0 fully saturated rings. The Morgan fingerprint density at radius 2 is 1.64 bits per heavy atom. The van der Waals surface area contributed by atoms with Crippen LogP contribution in [0.15, 0.2) is 85.1 Å². The van der Waals surface area contributed by atoms with Crippen molar-refractivity contribution in [1.82, 2.24) is 0 Å². The molecule has 3 rings (SSSR count). The first kappa shape index (κ1) is 19.4. The van der Waals surface area contributed by atoms with Crippen molar-refractivity contribution in [2.45, 2.75) is 0 Å². The molecule has 3 aromatic carbocycles. The number of benzene rings is 3. The third-order valence-electron chi connectivity index (χ3n) is 4.11. The van der Waals surface area contributed by atoms with Crippen LogP contribution in [0.2, 0.25) is 5.02 Å². The third kappa shape index (κ3) is 4.67. The van der Waals surface area contributed by atoms with Gasteiger partial charge in [0.05, 0.1) is 12.8 Å². The number of anilines is 1. The van der Waals surface area contributed by atoms with Gasteiger partial charge in [-0.2, -0.15) is 0 Å². The predicted octanol–water partition coefficient (Wildman–Crippen LogP) is 5.39. The summed E-state index contributed by atoms with van der Waals surface area (Å²) in [6.07, 6.45) is 2.90. The summed E-state index contributed by atoms with van der Waals surface area (Å²) >= 11 is 6.08. The second kappa shape index (κ2) is 9.02. The molecule has 140 valence electrons. The highest BCUT2D eigenvalue weighted by atomic mass is 35.5. The second-order valence-electron chi connectivity index (χ2n) is 5.96. The van der Waals surface area contributed by atoms with Gasteiger partial charge in [-0.1, -0.05) is 41.9 Å². The van der Waals surface area contributed by atoms with Crippen LogP contribution < -0.4 is 10.1 Å². The first-order chi connectivity index (χ1) is 13.6. The van der Waals surface area contributed by atoms with Crippen molar-refractivity contribution in [2.75, 3.05) is 12.4 Å². The van der Waals surface area contributed by atoms with Crippen LogP contribution in [-0.2, 0) is 0 Å². The number of carbonyl (C=O) groups excluding carboxylic acids is 2. The van der Waals surface area contributed by atoms with Crippen molar-refractivity contribution in [2.24, 2.45) is 0 Å². The Kier molecular flexibility index (Phi) is 6.25. The lowest BCUT2D eigenvalue weighted by atomic mass is 10.0. The highest BCUT2D eigenvalue weighted by Crippen LogP contribution is 2.24. The summed E-state index contributed by atoms with van der Waals surface area (Å²) in [5.74, 6) is 0.379. The van der Waals surface area contributed by atoms with E-state index in [1.54, 1.807) is 61.7 Å². The monoisotopic (exact) mass is 391 g/mol. The molecule has 5 heteroatoms. The molecule has 0 bridgehead atoms. The lowest BCUT2D eigenvalue weighted by Crippen LogP contribution is -2.05. The Morgan fingerprint density at radius 1 is 0.929 bits per heavy atom. The molecule has 0 aliphatic carbocycles. The first-order valence-electron chi connectivity index (χ1n) is 8.59. The van der Waals surface area contributed by atoms with Crippen LogP contribution in [0.1, 0.15) is 26.3 Å². The van der Waals surface area contributed by atoms with Gasteiger partial charge in [0.2, 0.25) is 0 Å². The number of methoxy groups -OCH3 is 1. The number of hydrogen-bond acceptors (Lipinski definition) is 4. The summed E-state index contributed by atoms with van der Waals surface area (Å²) in [6, 6.07) is 20.8. The normalized spacial score (nSPS) is 10.6. The molecule has 3 aromatic rings. The zero-order valence-corrected chi connectivity index (χ0v) is 15.9. The fourth-order valence-electron chi connectivity index (χ4n) is 2.64. The zero-order chi connectivity index (χ0) is 19.9. The van der Waals surface area contributed by atoms with Crippen molar-refractivity contribution in [3.8, 4) is 5.75 Å². The topological polar surface area (TPSA) is 55.4 Å². The van der Waals surface area contributed by atoms with Gasteiger partial charge in [0.1, 0.15) is 5.75 Å². The van der Waals surface area contributed by atoms with E-state index < -0.39 is 0 Å². The molecule has 1 N–H and O–H groups in total. The van der Waals surface area contributed by atoms with E-state index in [2.05, 4.69) is 5.32 Å². The molecule has 4 nitrogen and oxygen atoms in total. The van der Waals surface area contributed by atoms with Gasteiger partial charge < -0.3 is 10.1 Å². The molecule has 0 saturated heterocycles. The molecule has 0 amide bonds. The van der Waals surface area contributed by atoms with Crippen LogP contribution in [0.5, 0.6) is 5.75 Å². The van der Waals surface area contributed by atoms with E-state index in [1.165, 1.54) is 12.3 Å². The van der Waals surface area contributed by atoms with Crippen molar-refractivity contribution >= 4 is 28.9 Å². The average molecular weight is 392 g/mol. The minimum atomic E-state index is -0.173. The van der Waals surface area contributed by atoms with Gasteiger partial charge in [0.25, 0.3) is 0 Å². The predicted molar refractivity (Wildman–Crippen MR) is 111 cm³/mol. The van der Waals surface area contributed by atoms with E-state index >= 15 is 0 Å². The van der Waals surface area contributed by atoms with Gasteiger partial charge in [0.15, 0.2) is 11.6 Å². The van der Waals surface area contributed by atoms with E-state index in [-0.39, 0.29) is 11.6 Å². The molecule has 0 aromatic heterocycles. The van der Waals surface area contributed by atoms with Gasteiger partial charge in [-0.25, -0.2) is 0 Å². The standard InChI is InChI=1S/C23H18ClNO3/c1-28-19-10-7-16(8-11-19)22(26)13-14-25-21-15-18(24)9-12-20(21)23(27)17-5-3-2-4-6-17/h2-15,25H,1H3/b14-13-. The van der Waals surface area contributed by atoms with Crippen molar-refractivity contribution in [3.05, 3.63) is 107 Å². The maximum atomic E-state index is 12.8. The molecule has 0 aliphatic rings. The van der Waals surface area contributed by atoms with Gasteiger partial charge in [0, 0.05) is 34.0 Å². The summed E-state index contributed by atoms with van der Waals surface area (Å²) in [5, 5.41) is 3.48. The molecule has 0 spiro atoms. The highest BCUT2D eigenvalue weighted by molar-refractivity contribution is 6.31. The number of ether oxygens (including phenoxy) is 1. The van der Waals surface area contributed by atoms with Gasteiger partial charge >= 0.3 is 0 Å². The number of rotatable bonds is 7. The number of nitrogens with one attached hydrogen (secondary N) is 1. The van der Waals surface area contributed by atoms with Crippen molar-refractivity contribution in [1.29, 1.82) is 0 Å². The number of allylic oxidation sites excluding steroid dienone is 1. The summed E-state index contributed by atoms with van der Waals surface area (Å²) in [6.45, 7) is 0. The summed E-state index contributed by atoms with van der Waals surface area (Å²) < 4.78 is 5.09. The second-order valence-corrected chi connectivity index (χ2v) is 6.39. The quantitative estimate of drug-likeness (QED) is 0.433. The Morgan fingerprint density at radius 3 is 2.32 bits per heavy atom. The third-order valence-corrected chi connectivity index (χ3v) is 4.35. The zero-order valence-electron chi connectivity index (χ0n) is 15.2. The van der Waals surface area contributed by atoms with Gasteiger partial charge in [-0.3, -0.25) is 9.59 Å². The fraction of sp³-hybridized carbons (Fsp3) is 0.0435. The molecule has 28 heavy (non-hydrogen) atoms. The van der Waals surface area contributed by atoms with E-state index in [0.29, 0.717) is 33.1 Å². The number of ketones is 2. The maximum Gasteiger partial charge on any atom is 0.195 e. The van der Waals surface area contributed by atoms with Crippen LogP contribution in [0.3, 0.4) is 0 Å². The maximum absolute atomic E-state index is 12.8. The lowest BCUT2D eigenvalue weighted by Gasteiger charge is -2.09. The molecule has 0 aliphatic heterocycles. The molecular weight excluding hydrogens is 374 g/mol. The van der Waals surface area contributed by atoms with Crippen LogP contribution >= 0.6 is 11.6 Å². The molecule has 0 heterocycles. The number of halogens is 1. The van der Waals surface area contributed by atoms with Gasteiger partial charge in [-0.05, 0) is 42.5 Å². The smallest absolute Gasteiger partial charge is 0.195 e. The largest absolute Gasteiger partial charge is 0.497 e. The lowest BCUT2D eigenvalue weighted by molar-refractivity contribution is 0.103. The van der Waals surface area contributed by atoms with Crippen molar-refractivity contribution in [3.63, 3.8) is 0 Å². The van der Waals surface area contributed by atoms with E-state index in [4.69, 9.17) is 16.3 Å². The highest BCUT2D eigenvalue weighted by Gasteiger charge is 2.13. The molecule has 0 unspecified atom stereocenters. The van der Waals surface area contributed by atoms with Gasteiger partial charge in [-0.15, -0.1) is 0 Å². The Balaban J connectivity index is 1.78. The fourth-order valence-corrected chi connectivity index (χ4v) is 2.81. The average Bonchev–Trinajstić information content (AvgIpc) is 2.74. The Bertz CT molecular complexity index is 1010. The van der Waals surface area contributed by atoms with E-state index in [9.17, 15) is 9.59 Å². The molecular formula is C23H18ClNO3. The Hall–Kier alpha value is -3.37. The van der Waals surface area contributed by atoms with E-state index in [1.807, 2.05) is 18.2 Å². The minimum absolute atomic E-state index is 0.130. The first-order valence-corrected chi connectivity index (χ1v) is 8.97. The van der Waals surface area contributed by atoms with Crippen LogP contribution in [0.25, 0.3) is 0 Å². The van der Waals surface area contributed by atoms with E-state index in [0.717, 1.165) is 0 Å². The van der Waals surface area contributed by atoms with Crippen molar-refractivity contribution < 1.29 is 14.3 Å². The minimum Gasteiger partial charge on any atom is -0.497 e.